The van der Waals surface area contributed by atoms with E-state index in [9.17, 15) is 4.79 Å². The Labute approximate surface area is 126 Å². The molecule has 0 bridgehead atoms. The van der Waals surface area contributed by atoms with Gasteiger partial charge in [-0.05, 0) is 38.5 Å². The van der Waals surface area contributed by atoms with Crippen molar-refractivity contribution < 1.29 is 9.53 Å². The van der Waals surface area contributed by atoms with E-state index in [1.807, 2.05) is 19.1 Å². The molecule has 0 radical (unpaired) electrons. The Morgan fingerprint density at radius 2 is 2.24 bits per heavy atom. The van der Waals surface area contributed by atoms with Crippen LogP contribution in [0.15, 0.2) is 18.2 Å². The minimum atomic E-state index is -0.00831. The number of carbonyl (C=O) groups is 1. The second-order valence-electron chi connectivity index (χ2n) is 6.22. The van der Waals surface area contributed by atoms with Gasteiger partial charge in [-0.25, -0.2) is 0 Å². The lowest BCUT2D eigenvalue weighted by atomic mass is 10.0. The minimum Gasteiger partial charge on any atom is -0.399 e. The first-order chi connectivity index (χ1) is 9.88. The Bertz CT molecular complexity index is 514. The molecule has 1 aromatic carbocycles. The molecule has 5 nitrogen and oxygen atoms in total. The fraction of sp³-hybridized carbons (Fsp3) is 0.562. The predicted octanol–water partition coefficient (Wildman–Crippen LogP) is 2.02. The number of anilines is 2. The van der Waals surface area contributed by atoms with Gasteiger partial charge >= 0.3 is 0 Å². The normalized spacial score (nSPS) is 18.4. The first-order valence-electron chi connectivity index (χ1n) is 7.37. The molecule has 3 N–H and O–H groups in total. The van der Waals surface area contributed by atoms with Crippen LogP contribution in [0.25, 0.3) is 0 Å². The van der Waals surface area contributed by atoms with Crippen molar-refractivity contribution in [1.82, 2.24) is 4.90 Å². The van der Waals surface area contributed by atoms with Gasteiger partial charge in [-0.1, -0.05) is 6.07 Å². The highest BCUT2D eigenvalue weighted by Crippen LogP contribution is 2.20. The van der Waals surface area contributed by atoms with Gasteiger partial charge in [0.15, 0.2) is 0 Å². The van der Waals surface area contributed by atoms with Crippen LogP contribution in [0.1, 0.15) is 25.8 Å². The molecule has 1 aliphatic heterocycles. The standard InChI is InChI=1S/C16H25N3O2/c1-12-4-5-13(17)10-14(12)18-15(20)6-7-19-8-9-21-11-16(19,2)3/h4-5,10H,6-9,11,17H2,1-3H3,(H,18,20). The third kappa shape index (κ3) is 4.19. The quantitative estimate of drug-likeness (QED) is 0.833. The third-order valence-electron chi connectivity index (χ3n) is 3.96. The van der Waals surface area contributed by atoms with Crippen molar-refractivity contribution in [2.45, 2.75) is 32.7 Å². The Balaban J connectivity index is 1.89. The molecule has 0 saturated carbocycles. The van der Waals surface area contributed by atoms with E-state index in [2.05, 4.69) is 24.1 Å². The molecule has 0 unspecified atom stereocenters. The van der Waals surface area contributed by atoms with Crippen LogP contribution in [0.5, 0.6) is 0 Å². The van der Waals surface area contributed by atoms with Gasteiger partial charge in [0.05, 0.1) is 13.2 Å². The summed E-state index contributed by atoms with van der Waals surface area (Å²) in [6.07, 6.45) is 0.470. The molecule has 1 aromatic rings. The van der Waals surface area contributed by atoms with Crippen LogP contribution in [0, 0.1) is 6.92 Å². The highest BCUT2D eigenvalue weighted by atomic mass is 16.5. The Hall–Kier alpha value is -1.59. The maximum atomic E-state index is 12.1. The van der Waals surface area contributed by atoms with Crippen LogP contribution in [-0.2, 0) is 9.53 Å². The van der Waals surface area contributed by atoms with Gasteiger partial charge in [-0.15, -0.1) is 0 Å². The van der Waals surface area contributed by atoms with E-state index in [0.717, 1.165) is 30.9 Å². The lowest BCUT2D eigenvalue weighted by Gasteiger charge is -2.42. The van der Waals surface area contributed by atoms with Gasteiger partial charge < -0.3 is 15.8 Å². The predicted molar refractivity (Wildman–Crippen MR) is 85.3 cm³/mol. The van der Waals surface area contributed by atoms with Gasteiger partial charge in [-0.3, -0.25) is 9.69 Å². The lowest BCUT2D eigenvalue weighted by Crippen LogP contribution is -2.53. The summed E-state index contributed by atoms with van der Waals surface area (Å²) in [5.74, 6) is 0.0194. The van der Waals surface area contributed by atoms with E-state index in [1.54, 1.807) is 6.07 Å². The van der Waals surface area contributed by atoms with Gasteiger partial charge in [-0.2, -0.15) is 0 Å². The molecule has 1 fully saturated rings. The number of rotatable bonds is 4. The number of morpholine rings is 1. The molecule has 5 heteroatoms. The minimum absolute atomic E-state index is 0.00831. The molecule has 0 spiro atoms. The first-order valence-corrected chi connectivity index (χ1v) is 7.37. The molecule has 0 atom stereocenters. The van der Waals surface area contributed by atoms with Crippen LogP contribution in [0.2, 0.25) is 0 Å². The van der Waals surface area contributed by atoms with Crippen LogP contribution in [0.4, 0.5) is 11.4 Å². The molecule has 1 amide bonds. The van der Waals surface area contributed by atoms with Gasteiger partial charge in [0.2, 0.25) is 5.91 Å². The SMILES string of the molecule is Cc1ccc(N)cc1NC(=O)CCN1CCOCC1(C)C. The van der Waals surface area contributed by atoms with Crippen LogP contribution >= 0.6 is 0 Å². The van der Waals surface area contributed by atoms with Crippen LogP contribution in [0.3, 0.4) is 0 Å². The molecule has 0 aromatic heterocycles. The Morgan fingerprint density at radius 3 is 2.95 bits per heavy atom. The molecule has 1 saturated heterocycles. The van der Waals surface area contributed by atoms with Crippen molar-refractivity contribution in [2.75, 3.05) is 37.4 Å². The molecule has 1 aliphatic rings. The number of hydrogen-bond acceptors (Lipinski definition) is 4. The molecular formula is C16H25N3O2. The molecule has 0 aliphatic carbocycles. The molecule has 21 heavy (non-hydrogen) atoms. The number of nitrogen functional groups attached to an aromatic ring is 1. The highest BCUT2D eigenvalue weighted by Gasteiger charge is 2.30. The number of carbonyl (C=O) groups excluding carboxylic acids is 1. The number of hydrogen-bond donors (Lipinski definition) is 2. The topological polar surface area (TPSA) is 67.6 Å². The van der Waals surface area contributed by atoms with Crippen molar-refractivity contribution in [3.63, 3.8) is 0 Å². The van der Waals surface area contributed by atoms with E-state index >= 15 is 0 Å². The molecular weight excluding hydrogens is 266 g/mol. The van der Waals surface area contributed by atoms with Crippen molar-refractivity contribution in [1.29, 1.82) is 0 Å². The average molecular weight is 291 g/mol. The second kappa shape index (κ2) is 6.45. The van der Waals surface area contributed by atoms with E-state index < -0.39 is 0 Å². The third-order valence-corrected chi connectivity index (χ3v) is 3.96. The lowest BCUT2D eigenvalue weighted by molar-refractivity contribution is -0.117. The van der Waals surface area contributed by atoms with Crippen molar-refractivity contribution in [3.8, 4) is 0 Å². The van der Waals surface area contributed by atoms with Crippen molar-refractivity contribution in [3.05, 3.63) is 23.8 Å². The van der Waals surface area contributed by atoms with E-state index in [4.69, 9.17) is 10.5 Å². The van der Waals surface area contributed by atoms with Crippen molar-refractivity contribution >= 4 is 17.3 Å². The first kappa shape index (κ1) is 15.8. The zero-order valence-corrected chi connectivity index (χ0v) is 13.1. The van der Waals surface area contributed by atoms with E-state index in [0.29, 0.717) is 18.7 Å². The Kier molecular flexibility index (Phi) is 4.85. The number of nitrogens with two attached hydrogens (primary N) is 1. The zero-order chi connectivity index (χ0) is 15.5. The summed E-state index contributed by atoms with van der Waals surface area (Å²) in [5.41, 5.74) is 8.22. The maximum absolute atomic E-state index is 12.1. The van der Waals surface area contributed by atoms with Gasteiger partial charge in [0.1, 0.15) is 0 Å². The summed E-state index contributed by atoms with van der Waals surface area (Å²) < 4.78 is 5.49. The molecule has 116 valence electrons. The Morgan fingerprint density at radius 1 is 1.48 bits per heavy atom. The zero-order valence-electron chi connectivity index (χ0n) is 13.1. The fourth-order valence-electron chi connectivity index (χ4n) is 2.53. The summed E-state index contributed by atoms with van der Waals surface area (Å²) in [4.78, 5) is 14.4. The molecule has 1 heterocycles. The number of ether oxygens (including phenoxy) is 1. The largest absolute Gasteiger partial charge is 0.399 e. The second-order valence-corrected chi connectivity index (χ2v) is 6.22. The number of nitrogens with one attached hydrogen (secondary N) is 1. The maximum Gasteiger partial charge on any atom is 0.225 e. The average Bonchev–Trinajstić information content (AvgIpc) is 2.41. The molecule has 2 rings (SSSR count). The summed E-state index contributed by atoms with van der Waals surface area (Å²) in [6, 6.07) is 5.54. The fourth-order valence-corrected chi connectivity index (χ4v) is 2.53. The van der Waals surface area contributed by atoms with Crippen molar-refractivity contribution in [2.24, 2.45) is 0 Å². The number of amides is 1. The van der Waals surface area contributed by atoms with Gasteiger partial charge in [0.25, 0.3) is 0 Å². The number of nitrogens with zero attached hydrogens (tertiary/aromatic N) is 1. The highest BCUT2D eigenvalue weighted by molar-refractivity contribution is 5.92. The monoisotopic (exact) mass is 291 g/mol. The van der Waals surface area contributed by atoms with E-state index in [-0.39, 0.29) is 11.4 Å². The number of benzene rings is 1. The summed E-state index contributed by atoms with van der Waals surface area (Å²) in [7, 11) is 0. The van der Waals surface area contributed by atoms with Gasteiger partial charge in [0, 0.05) is 36.4 Å². The van der Waals surface area contributed by atoms with E-state index in [1.165, 1.54) is 0 Å². The smallest absolute Gasteiger partial charge is 0.225 e. The van der Waals surface area contributed by atoms with Crippen LogP contribution in [-0.4, -0.2) is 42.6 Å². The van der Waals surface area contributed by atoms with Crippen LogP contribution < -0.4 is 11.1 Å². The summed E-state index contributed by atoms with van der Waals surface area (Å²) >= 11 is 0. The summed E-state index contributed by atoms with van der Waals surface area (Å²) in [5, 5.41) is 2.94. The summed E-state index contributed by atoms with van der Waals surface area (Å²) in [6.45, 7) is 9.31. The number of aryl methyl sites for hydroxylation is 1.